The van der Waals surface area contributed by atoms with Crippen molar-refractivity contribution in [2.45, 2.75) is 76.5 Å². The van der Waals surface area contributed by atoms with Crippen molar-refractivity contribution in [2.75, 3.05) is 20.0 Å². The third kappa shape index (κ3) is 4.56. The van der Waals surface area contributed by atoms with E-state index in [0.717, 1.165) is 24.0 Å². The number of carbonyl (C=O) groups is 1. The summed E-state index contributed by atoms with van der Waals surface area (Å²) in [6.45, 7) is 12.9. The zero-order chi connectivity index (χ0) is 24.6. The number of aromatic nitrogens is 1. The first-order valence-corrected chi connectivity index (χ1v) is 12.2. The highest BCUT2D eigenvalue weighted by atomic mass is 16.7. The van der Waals surface area contributed by atoms with E-state index in [-0.39, 0.29) is 23.4 Å². The van der Waals surface area contributed by atoms with Crippen molar-refractivity contribution in [1.29, 1.82) is 0 Å². The second kappa shape index (κ2) is 9.27. The number of carbonyl (C=O) groups excluding carboxylic acids is 1. The minimum absolute atomic E-state index is 0.103. The number of aliphatic hydroxyl groups excluding tert-OH is 1. The number of pyridine rings is 1. The molecular formula is C29H37NO4. The highest BCUT2D eigenvalue weighted by Crippen LogP contribution is 2.48. The fourth-order valence-electron chi connectivity index (χ4n) is 5.46. The van der Waals surface area contributed by atoms with Gasteiger partial charge in [0.1, 0.15) is 13.1 Å². The number of aryl methyl sites for hydroxylation is 1. The van der Waals surface area contributed by atoms with Gasteiger partial charge in [-0.25, -0.2) is 0 Å². The number of rotatable bonds is 6. The topological polar surface area (TPSA) is 68.7 Å². The van der Waals surface area contributed by atoms with E-state index in [1.807, 2.05) is 12.1 Å². The lowest BCUT2D eigenvalue weighted by atomic mass is 9.61. The van der Waals surface area contributed by atoms with Crippen molar-refractivity contribution in [2.24, 2.45) is 0 Å². The summed E-state index contributed by atoms with van der Waals surface area (Å²) < 4.78 is 11.8. The molecule has 1 aliphatic heterocycles. The van der Waals surface area contributed by atoms with Crippen molar-refractivity contribution >= 4 is 12.4 Å². The van der Waals surface area contributed by atoms with Crippen molar-refractivity contribution in [3.8, 4) is 0 Å². The van der Waals surface area contributed by atoms with Gasteiger partial charge in [-0.05, 0) is 70.6 Å². The van der Waals surface area contributed by atoms with E-state index in [0.29, 0.717) is 26.1 Å². The Bertz CT molecular complexity index is 1080. The van der Waals surface area contributed by atoms with E-state index < -0.39 is 5.41 Å². The minimum atomic E-state index is -0.503. The van der Waals surface area contributed by atoms with Crippen LogP contribution in [0.5, 0.6) is 0 Å². The van der Waals surface area contributed by atoms with Crippen molar-refractivity contribution in [3.63, 3.8) is 0 Å². The molecule has 1 aromatic heterocycles. The first kappa shape index (κ1) is 24.6. The number of nitrogens with zero attached hydrogens (tertiary/aromatic N) is 1. The van der Waals surface area contributed by atoms with Crippen LogP contribution in [0.15, 0.2) is 36.2 Å². The maximum atomic E-state index is 10.6. The van der Waals surface area contributed by atoms with Gasteiger partial charge < -0.3 is 19.4 Å². The molecule has 0 amide bonds. The Hall–Kier alpha value is -2.50. The molecule has 2 aromatic rings. The second-order valence-electron chi connectivity index (χ2n) is 11.2. The monoisotopic (exact) mass is 463 g/mol. The van der Waals surface area contributed by atoms with Crippen LogP contribution >= 0.6 is 0 Å². The maximum absolute atomic E-state index is 10.6. The third-order valence-corrected chi connectivity index (χ3v) is 7.71. The number of benzene rings is 1. The molecule has 0 spiro atoms. The zero-order valence-corrected chi connectivity index (χ0v) is 21.1. The molecule has 0 unspecified atom stereocenters. The summed E-state index contributed by atoms with van der Waals surface area (Å²) in [4.78, 5) is 15.4. The Morgan fingerprint density at radius 2 is 1.68 bits per heavy atom. The van der Waals surface area contributed by atoms with Crippen LogP contribution in [0, 0.1) is 6.92 Å². The van der Waals surface area contributed by atoms with E-state index in [2.05, 4.69) is 46.8 Å². The molecule has 0 radical (unpaired) electrons. The predicted molar refractivity (Wildman–Crippen MR) is 134 cm³/mol. The zero-order valence-electron chi connectivity index (χ0n) is 21.1. The van der Waals surface area contributed by atoms with Gasteiger partial charge in [-0.15, -0.1) is 0 Å². The second-order valence-corrected chi connectivity index (χ2v) is 11.2. The summed E-state index contributed by atoms with van der Waals surface area (Å²) in [5.74, 6) is 0.177. The Morgan fingerprint density at radius 1 is 1.03 bits per heavy atom. The third-order valence-electron chi connectivity index (χ3n) is 7.71. The van der Waals surface area contributed by atoms with Crippen LogP contribution in [0.1, 0.15) is 86.9 Å². The SMILES string of the molecule is Cc1cc2c(cc1C1(c3ccc(/C=C(\O)CCC=O)cn3)COCOC1)C(C)(C)CCC2(C)C. The van der Waals surface area contributed by atoms with Gasteiger partial charge in [0.2, 0.25) is 0 Å². The standard InChI is InChI=1S/C29H37NO4/c1-20-13-24-25(28(4,5)11-10-27(24,2)3)15-23(20)29(17-33-19-34-18-29)26-9-8-21(16-30-26)14-22(32)7-6-12-31/h8-9,12-16,32H,6-7,10-11,17-19H2,1-5H3/b22-14-. The Morgan fingerprint density at radius 3 is 2.26 bits per heavy atom. The summed E-state index contributed by atoms with van der Waals surface area (Å²) in [5.41, 5.74) is 6.74. The molecule has 1 N–H and O–H groups in total. The van der Waals surface area contributed by atoms with Crippen LogP contribution in [-0.2, 0) is 30.5 Å². The minimum Gasteiger partial charge on any atom is -0.512 e. The van der Waals surface area contributed by atoms with Gasteiger partial charge in [-0.3, -0.25) is 4.98 Å². The Labute approximate surface area is 203 Å². The van der Waals surface area contributed by atoms with Crippen LogP contribution in [0.25, 0.3) is 6.08 Å². The highest BCUT2D eigenvalue weighted by molar-refractivity contribution is 5.55. The molecule has 0 saturated carbocycles. The van der Waals surface area contributed by atoms with E-state index >= 15 is 0 Å². The molecule has 5 heteroatoms. The lowest BCUT2D eigenvalue weighted by molar-refractivity contribution is -0.129. The van der Waals surface area contributed by atoms with E-state index in [1.54, 1.807) is 12.3 Å². The van der Waals surface area contributed by atoms with Gasteiger partial charge in [-0.2, -0.15) is 0 Å². The fraction of sp³-hybridized carbons (Fsp3) is 0.517. The summed E-state index contributed by atoms with van der Waals surface area (Å²) in [5, 5.41) is 10.1. The van der Waals surface area contributed by atoms with Gasteiger partial charge in [0, 0.05) is 19.0 Å². The highest BCUT2D eigenvalue weighted by Gasteiger charge is 2.43. The smallest absolute Gasteiger partial charge is 0.146 e. The maximum Gasteiger partial charge on any atom is 0.146 e. The average molecular weight is 464 g/mol. The number of hydrogen-bond acceptors (Lipinski definition) is 5. The molecule has 4 rings (SSSR count). The van der Waals surface area contributed by atoms with Crippen molar-refractivity contribution in [1.82, 2.24) is 4.98 Å². The van der Waals surface area contributed by atoms with Crippen LogP contribution in [0.2, 0.25) is 0 Å². The molecule has 1 aromatic carbocycles. The summed E-state index contributed by atoms with van der Waals surface area (Å²) in [6.07, 6.45) is 7.20. The van der Waals surface area contributed by atoms with Crippen LogP contribution in [0.3, 0.4) is 0 Å². The predicted octanol–water partition coefficient (Wildman–Crippen LogP) is 5.91. The Balaban J connectivity index is 1.79. The number of aliphatic hydroxyl groups is 1. The van der Waals surface area contributed by atoms with E-state index in [1.165, 1.54) is 28.7 Å². The summed E-state index contributed by atoms with van der Waals surface area (Å²) in [6, 6.07) is 8.73. The van der Waals surface area contributed by atoms with Crippen molar-refractivity contribution in [3.05, 3.63) is 69.7 Å². The van der Waals surface area contributed by atoms with Crippen LogP contribution < -0.4 is 0 Å². The lowest BCUT2D eigenvalue weighted by Gasteiger charge is -2.44. The largest absolute Gasteiger partial charge is 0.512 e. The van der Waals surface area contributed by atoms with Crippen LogP contribution in [-0.4, -0.2) is 36.4 Å². The van der Waals surface area contributed by atoms with Gasteiger partial charge in [0.25, 0.3) is 0 Å². The lowest BCUT2D eigenvalue weighted by Crippen LogP contribution is -2.44. The first-order valence-electron chi connectivity index (χ1n) is 12.2. The average Bonchev–Trinajstić information content (AvgIpc) is 2.81. The van der Waals surface area contributed by atoms with E-state index in [9.17, 15) is 9.90 Å². The molecule has 0 atom stereocenters. The van der Waals surface area contributed by atoms with Crippen molar-refractivity contribution < 1.29 is 19.4 Å². The van der Waals surface area contributed by atoms with Crippen LogP contribution in [0.4, 0.5) is 0 Å². The normalized spacial score (nSPS) is 21.0. The number of ether oxygens (including phenoxy) is 2. The number of fused-ring (bicyclic) bond motifs is 1. The quantitative estimate of drug-likeness (QED) is 0.426. The molecule has 182 valence electrons. The molecule has 0 bridgehead atoms. The molecule has 34 heavy (non-hydrogen) atoms. The molecule has 1 fully saturated rings. The first-order chi connectivity index (χ1) is 16.1. The fourth-order valence-corrected chi connectivity index (χ4v) is 5.46. The molecular weight excluding hydrogens is 426 g/mol. The van der Waals surface area contributed by atoms with Gasteiger partial charge in [-0.1, -0.05) is 45.9 Å². The molecule has 5 nitrogen and oxygen atoms in total. The van der Waals surface area contributed by atoms with E-state index in [4.69, 9.17) is 14.5 Å². The number of aldehydes is 1. The van der Waals surface area contributed by atoms with Gasteiger partial charge in [0.05, 0.1) is 30.1 Å². The van der Waals surface area contributed by atoms with Gasteiger partial charge >= 0.3 is 0 Å². The summed E-state index contributed by atoms with van der Waals surface area (Å²) >= 11 is 0. The molecule has 1 aliphatic carbocycles. The van der Waals surface area contributed by atoms with Gasteiger partial charge in [0.15, 0.2) is 0 Å². The molecule has 1 saturated heterocycles. The number of hydrogen-bond donors (Lipinski definition) is 1. The molecule has 2 heterocycles. The number of allylic oxidation sites excluding steroid dienone is 1. The Kier molecular flexibility index (Phi) is 6.71. The molecule has 2 aliphatic rings. The summed E-state index contributed by atoms with van der Waals surface area (Å²) in [7, 11) is 0.